The molecule has 6 nitrogen and oxygen atoms in total. The van der Waals surface area contributed by atoms with Crippen molar-refractivity contribution in [1.82, 2.24) is 8.80 Å². The molecule has 0 atom stereocenters. The fraction of sp³-hybridized carbons (Fsp3) is 0.0250. The smallest absolute Gasteiger partial charge is 0.159 e. The van der Waals surface area contributed by atoms with E-state index in [4.69, 9.17) is 8.83 Å². The zero-order chi connectivity index (χ0) is 56.5. The molecule has 13 aromatic carbocycles. The van der Waals surface area contributed by atoms with Gasteiger partial charge in [-0.2, -0.15) is 0 Å². The van der Waals surface area contributed by atoms with Crippen LogP contribution in [-0.2, 0) is 0 Å². The minimum atomic E-state index is 0.859. The molecule has 0 aliphatic carbocycles. The average Bonchev–Trinajstić information content (AvgIpc) is 1.62. The van der Waals surface area contributed by atoms with Crippen molar-refractivity contribution in [2.75, 3.05) is 9.80 Å². The van der Waals surface area contributed by atoms with Crippen molar-refractivity contribution < 1.29 is 8.83 Å². The van der Waals surface area contributed by atoms with Crippen LogP contribution in [0, 0.1) is 13.8 Å². The van der Waals surface area contributed by atoms with E-state index in [-0.39, 0.29) is 0 Å². The molecule has 0 aliphatic heterocycles. The van der Waals surface area contributed by atoms with E-state index < -0.39 is 0 Å². The Hall–Kier alpha value is -11.3. The highest BCUT2D eigenvalue weighted by molar-refractivity contribution is 6.39. The maximum atomic E-state index is 6.99. The van der Waals surface area contributed by atoms with Crippen molar-refractivity contribution >= 4 is 154 Å². The molecule has 0 radical (unpaired) electrons. The Labute approximate surface area is 493 Å². The lowest BCUT2D eigenvalue weighted by Crippen LogP contribution is -2.10. The van der Waals surface area contributed by atoms with Crippen molar-refractivity contribution in [3.05, 3.63) is 278 Å². The largest absolute Gasteiger partial charge is 0.454 e. The Morgan fingerprint density at radius 3 is 0.977 bits per heavy atom. The number of aryl methyl sites for hydroxylation is 2. The van der Waals surface area contributed by atoms with Gasteiger partial charge in [-0.1, -0.05) is 206 Å². The summed E-state index contributed by atoms with van der Waals surface area (Å²) in [4.78, 5) is 4.84. The first-order valence-corrected chi connectivity index (χ1v) is 29.6. The molecule has 19 aromatic rings. The Morgan fingerprint density at radius 2 is 0.570 bits per heavy atom. The highest BCUT2D eigenvalue weighted by Gasteiger charge is 2.33. The summed E-state index contributed by atoms with van der Waals surface area (Å²) in [6.07, 6.45) is 0. The van der Waals surface area contributed by atoms with Crippen LogP contribution in [0.4, 0.5) is 34.1 Å². The third kappa shape index (κ3) is 6.23. The number of anilines is 6. The van der Waals surface area contributed by atoms with E-state index in [1.54, 1.807) is 0 Å². The molecule has 0 saturated heterocycles. The molecule has 0 fully saturated rings. The molecular weight excluding hydrogens is 1050 g/mol. The topological polar surface area (TPSA) is 41.6 Å². The number of hydrogen-bond acceptors (Lipinski definition) is 4. The molecule has 6 aromatic heterocycles. The monoisotopic (exact) mass is 1100 g/mol. The second kappa shape index (κ2) is 17.6. The molecule has 6 heterocycles. The number of fused-ring (bicyclic) bond motifs is 18. The first kappa shape index (κ1) is 47.2. The highest BCUT2D eigenvalue weighted by atomic mass is 16.3. The van der Waals surface area contributed by atoms with Gasteiger partial charge in [0.2, 0.25) is 0 Å². The number of rotatable bonds is 8. The van der Waals surface area contributed by atoms with Crippen molar-refractivity contribution in [2.45, 2.75) is 13.8 Å². The van der Waals surface area contributed by atoms with E-state index in [9.17, 15) is 0 Å². The minimum absolute atomic E-state index is 0.859. The summed E-state index contributed by atoms with van der Waals surface area (Å²) in [6, 6.07) is 97.6. The van der Waals surface area contributed by atoms with E-state index in [0.29, 0.717) is 0 Å². The van der Waals surface area contributed by atoms with Gasteiger partial charge in [-0.05, 0) is 96.8 Å². The lowest BCUT2D eigenvalue weighted by Gasteiger charge is -2.26. The second-order valence-corrected chi connectivity index (χ2v) is 23.1. The van der Waals surface area contributed by atoms with Gasteiger partial charge >= 0.3 is 0 Å². The van der Waals surface area contributed by atoms with E-state index >= 15 is 0 Å². The van der Waals surface area contributed by atoms with Crippen molar-refractivity contribution in [3.8, 4) is 22.3 Å². The second-order valence-electron chi connectivity index (χ2n) is 23.1. The average molecular weight is 1100 g/mol. The Morgan fingerprint density at radius 1 is 0.256 bits per heavy atom. The van der Waals surface area contributed by atoms with Crippen LogP contribution in [0.25, 0.3) is 142 Å². The number of hydrogen-bond donors (Lipinski definition) is 0. The summed E-state index contributed by atoms with van der Waals surface area (Å²) in [7, 11) is 0. The fourth-order valence-electron chi connectivity index (χ4n) is 15.1. The minimum Gasteiger partial charge on any atom is -0.454 e. The quantitative estimate of drug-likeness (QED) is 0.152. The molecule has 0 amide bonds. The van der Waals surface area contributed by atoms with Crippen molar-refractivity contribution in [1.29, 1.82) is 0 Å². The summed E-state index contributed by atoms with van der Waals surface area (Å²) in [5.74, 6) is 0. The maximum absolute atomic E-state index is 6.99. The highest BCUT2D eigenvalue weighted by Crippen LogP contribution is 2.57. The Bertz CT molecular complexity index is 5610. The van der Waals surface area contributed by atoms with Crippen LogP contribution in [-0.4, -0.2) is 8.80 Å². The lowest BCUT2D eigenvalue weighted by molar-refractivity contribution is 0.665. The molecule has 0 N–H and O–H groups in total. The third-order valence-electron chi connectivity index (χ3n) is 18.5. The molecule has 0 saturated carbocycles. The zero-order valence-corrected chi connectivity index (χ0v) is 47.0. The molecule has 0 unspecified atom stereocenters. The molecular formula is C80H50N4O2. The van der Waals surface area contributed by atoms with Gasteiger partial charge in [0.1, 0.15) is 11.2 Å². The predicted molar refractivity (Wildman–Crippen MR) is 360 cm³/mol. The fourth-order valence-corrected chi connectivity index (χ4v) is 15.1. The van der Waals surface area contributed by atoms with Crippen LogP contribution in [0.5, 0.6) is 0 Å². The summed E-state index contributed by atoms with van der Waals surface area (Å²) in [5, 5.41) is 14.0. The number of nitrogens with zero attached hydrogens (tertiary/aromatic N) is 4. The van der Waals surface area contributed by atoms with Gasteiger partial charge in [0.25, 0.3) is 0 Å². The van der Waals surface area contributed by atoms with Crippen LogP contribution >= 0.6 is 0 Å². The SMILES string of the molecule is Cc1cccc2c1oc1c(N(c3ccccc3)c3cccc4c3c3cccc5c6c(-c7ccccc7)c7c(c(-c8ccccc8)c6n4c35)c3cccc4c5c(N(c6ccccc6)c6cccc8c6oc6c(C)cccc68)cccc5n7c43)cccc12. The summed E-state index contributed by atoms with van der Waals surface area (Å²) in [6.45, 7) is 4.27. The van der Waals surface area contributed by atoms with Gasteiger partial charge in [0.15, 0.2) is 11.2 Å². The van der Waals surface area contributed by atoms with Crippen molar-refractivity contribution in [3.63, 3.8) is 0 Å². The van der Waals surface area contributed by atoms with Gasteiger partial charge in [0.05, 0.1) is 55.8 Å². The summed E-state index contributed by atoms with van der Waals surface area (Å²) >= 11 is 0. The summed E-state index contributed by atoms with van der Waals surface area (Å²) in [5.41, 5.74) is 23.8. The van der Waals surface area contributed by atoms with E-state index in [2.05, 4.69) is 299 Å². The number of benzene rings is 13. The first-order valence-electron chi connectivity index (χ1n) is 29.6. The normalized spacial score (nSPS) is 12.3. The van der Waals surface area contributed by atoms with E-state index in [1.165, 1.54) is 76.3 Å². The van der Waals surface area contributed by atoms with Gasteiger partial charge in [-0.3, -0.25) is 0 Å². The predicted octanol–water partition coefficient (Wildman–Crippen LogP) is 22.7. The molecule has 402 valence electrons. The third-order valence-corrected chi connectivity index (χ3v) is 18.5. The molecule has 0 bridgehead atoms. The standard InChI is InChI=1S/C80H50N4O2/c1-47-23-15-33-53-55-35-19-45-65(79(55)85-77(47)53)81(51-29-11-5-12-30-51)61-41-21-43-63-69(61)57-37-17-39-59-71-68(50-27-9-4-10-28-50)76-72(67(49-25-7-3-8-26-49)75(71)83(63)73(57)59)60-40-18-38-58-70-62(42-22-44-64(70)84(76)74(58)60)82(52-31-13-6-14-32-52)66-46-20-36-56-54-34-16-24-48(2)78(54)86-80(56)66/h3-46H,1-2H3. The first-order chi connectivity index (χ1) is 42.6. The van der Waals surface area contributed by atoms with Crippen LogP contribution in [0.15, 0.2) is 276 Å². The number of furan rings is 2. The molecule has 0 spiro atoms. The van der Waals surface area contributed by atoms with Crippen LogP contribution in [0.1, 0.15) is 11.1 Å². The van der Waals surface area contributed by atoms with Crippen LogP contribution in [0.2, 0.25) is 0 Å². The lowest BCUT2D eigenvalue weighted by atomic mass is 9.89. The Kier molecular flexibility index (Phi) is 9.65. The Balaban J connectivity index is 0.962. The van der Waals surface area contributed by atoms with Gasteiger partial charge < -0.3 is 27.4 Å². The maximum Gasteiger partial charge on any atom is 0.159 e. The summed E-state index contributed by atoms with van der Waals surface area (Å²) < 4.78 is 19.2. The van der Waals surface area contributed by atoms with Crippen molar-refractivity contribution in [2.24, 2.45) is 0 Å². The molecule has 86 heavy (non-hydrogen) atoms. The van der Waals surface area contributed by atoms with Crippen LogP contribution in [0.3, 0.4) is 0 Å². The molecule has 19 rings (SSSR count). The van der Waals surface area contributed by atoms with Crippen LogP contribution < -0.4 is 9.80 Å². The van der Waals surface area contributed by atoms with E-state index in [0.717, 1.165) is 111 Å². The number of para-hydroxylation sites is 8. The molecule has 6 heteroatoms. The van der Waals surface area contributed by atoms with Gasteiger partial charge in [-0.25, -0.2) is 0 Å². The molecule has 0 aliphatic rings. The van der Waals surface area contributed by atoms with E-state index in [1.807, 2.05) is 0 Å². The zero-order valence-electron chi connectivity index (χ0n) is 47.0. The van der Waals surface area contributed by atoms with Gasteiger partial charge in [-0.15, -0.1) is 0 Å². The number of aromatic nitrogens is 2. The van der Waals surface area contributed by atoms with Gasteiger partial charge in [0, 0.05) is 87.1 Å².